The minimum absolute atomic E-state index is 0.0482. The van der Waals surface area contributed by atoms with E-state index in [-0.39, 0.29) is 29.3 Å². The number of morpholine rings is 1. The lowest BCUT2D eigenvalue weighted by Gasteiger charge is -2.37. The maximum Gasteiger partial charge on any atom is 0.253 e. The Morgan fingerprint density at radius 1 is 1.07 bits per heavy atom. The van der Waals surface area contributed by atoms with E-state index in [2.05, 4.69) is 39.9 Å². The number of amides is 1. The van der Waals surface area contributed by atoms with Gasteiger partial charge in [0.15, 0.2) is 0 Å². The predicted octanol–water partition coefficient (Wildman–Crippen LogP) is 5.32. The van der Waals surface area contributed by atoms with Crippen LogP contribution in [-0.4, -0.2) is 73.4 Å². The fraction of sp³-hybridized carbons (Fsp3) is 0.514. The highest BCUT2D eigenvalue weighted by Gasteiger charge is 2.26. The third-order valence-electron chi connectivity index (χ3n) is 9.09. The number of nitrogens with zero attached hydrogens (tertiary/aromatic N) is 4. The van der Waals surface area contributed by atoms with E-state index in [1.54, 1.807) is 6.92 Å². The molecular weight excluding hydrogens is 573 g/mol. The van der Waals surface area contributed by atoms with Gasteiger partial charge in [0.25, 0.3) is 5.56 Å². The van der Waals surface area contributed by atoms with Gasteiger partial charge in [-0.15, -0.1) is 0 Å². The van der Waals surface area contributed by atoms with Crippen LogP contribution in [0.15, 0.2) is 35.3 Å². The number of hydrogen-bond donors (Lipinski definition) is 1. The van der Waals surface area contributed by atoms with Gasteiger partial charge >= 0.3 is 0 Å². The number of carbonyl (C=O) groups excluding carboxylic acids is 1. The van der Waals surface area contributed by atoms with Crippen LogP contribution in [0.25, 0.3) is 11.1 Å². The van der Waals surface area contributed by atoms with Crippen molar-refractivity contribution in [1.29, 1.82) is 0 Å². The summed E-state index contributed by atoms with van der Waals surface area (Å²) >= 11 is 0. The highest BCUT2D eigenvalue weighted by atomic mass is 19.1. The molecule has 1 amide bonds. The van der Waals surface area contributed by atoms with Crippen molar-refractivity contribution < 1.29 is 18.7 Å². The van der Waals surface area contributed by atoms with Crippen molar-refractivity contribution in [3.63, 3.8) is 0 Å². The number of anilines is 2. The zero-order valence-electron chi connectivity index (χ0n) is 27.2. The molecule has 0 saturated carbocycles. The van der Waals surface area contributed by atoms with Gasteiger partial charge in [0, 0.05) is 79.7 Å². The van der Waals surface area contributed by atoms with Gasteiger partial charge in [0.05, 0.1) is 31.1 Å². The highest BCUT2D eigenvalue weighted by molar-refractivity contribution is 5.85. The fourth-order valence-corrected chi connectivity index (χ4v) is 6.61. The van der Waals surface area contributed by atoms with Gasteiger partial charge in [-0.05, 0) is 68.9 Å². The van der Waals surface area contributed by atoms with Gasteiger partial charge in [-0.25, -0.2) is 4.39 Å². The minimum Gasteiger partial charge on any atom is -0.381 e. The van der Waals surface area contributed by atoms with Crippen LogP contribution < -0.4 is 15.4 Å². The molecule has 2 aliphatic rings. The molecule has 9 nitrogen and oxygen atoms in total. The van der Waals surface area contributed by atoms with Crippen molar-refractivity contribution in [3.05, 3.63) is 74.7 Å². The average molecular weight is 620 g/mol. The largest absolute Gasteiger partial charge is 0.381 e. The van der Waals surface area contributed by atoms with Crippen LogP contribution in [0.2, 0.25) is 0 Å². The first-order valence-corrected chi connectivity index (χ1v) is 16.1. The summed E-state index contributed by atoms with van der Waals surface area (Å²) in [5, 5.41) is 0. The summed E-state index contributed by atoms with van der Waals surface area (Å²) in [6, 6.07) is 8.59. The zero-order chi connectivity index (χ0) is 32.1. The van der Waals surface area contributed by atoms with Crippen molar-refractivity contribution in [2.24, 2.45) is 0 Å². The molecule has 5 rings (SSSR count). The third-order valence-corrected chi connectivity index (χ3v) is 9.09. The Labute approximate surface area is 265 Å². The number of hydrogen-bond acceptors (Lipinski definition) is 7. The van der Waals surface area contributed by atoms with E-state index in [1.165, 1.54) is 4.90 Å². The van der Waals surface area contributed by atoms with Crippen molar-refractivity contribution in [2.45, 2.75) is 72.5 Å². The number of H-pyrrole nitrogens is 1. The Hall–Kier alpha value is -3.60. The maximum absolute atomic E-state index is 15.3. The second-order valence-electron chi connectivity index (χ2n) is 12.4. The first kappa shape index (κ1) is 32.8. The molecular formula is C35H46FN5O4. The van der Waals surface area contributed by atoms with Crippen molar-refractivity contribution in [3.8, 4) is 11.1 Å². The molecule has 2 saturated heterocycles. The lowest BCUT2D eigenvalue weighted by molar-refractivity contribution is -0.107. The number of carbonyl (C=O) groups is 1. The fourth-order valence-electron chi connectivity index (χ4n) is 6.61. The number of aromatic amines is 1. The molecule has 4 heterocycles. The van der Waals surface area contributed by atoms with E-state index < -0.39 is 5.82 Å². The smallest absolute Gasteiger partial charge is 0.253 e. The summed E-state index contributed by atoms with van der Waals surface area (Å²) in [7, 11) is 0. The van der Waals surface area contributed by atoms with E-state index in [0.29, 0.717) is 30.5 Å². The molecule has 0 bridgehead atoms. The Kier molecular flexibility index (Phi) is 10.7. The summed E-state index contributed by atoms with van der Waals surface area (Å²) in [5.74, 6) is -0.667. The second kappa shape index (κ2) is 14.7. The monoisotopic (exact) mass is 619 g/mol. The quantitative estimate of drug-likeness (QED) is 0.291. The summed E-state index contributed by atoms with van der Waals surface area (Å²) in [4.78, 5) is 39.7. The summed E-state index contributed by atoms with van der Waals surface area (Å²) in [6.07, 6.45) is 4.46. The number of aromatic nitrogens is 2. The molecule has 2 fully saturated rings. The first-order valence-electron chi connectivity index (χ1n) is 16.1. The summed E-state index contributed by atoms with van der Waals surface area (Å²) in [5.41, 5.74) is 5.88. The Balaban J connectivity index is 1.57. The lowest BCUT2D eigenvalue weighted by atomic mass is 9.95. The molecule has 2 aromatic heterocycles. The van der Waals surface area contributed by atoms with Crippen LogP contribution in [0.1, 0.15) is 67.6 Å². The Morgan fingerprint density at radius 3 is 2.38 bits per heavy atom. The van der Waals surface area contributed by atoms with Crippen LogP contribution in [-0.2, 0) is 27.4 Å². The number of rotatable bonds is 11. The van der Waals surface area contributed by atoms with Crippen LogP contribution in [0.3, 0.4) is 0 Å². The molecule has 0 atom stereocenters. The second-order valence-corrected chi connectivity index (χ2v) is 12.4. The topological polar surface area (TPSA) is 91.0 Å². The number of nitrogens with one attached hydrogen (secondary N) is 1. The number of pyridine rings is 2. The van der Waals surface area contributed by atoms with Crippen molar-refractivity contribution >= 4 is 17.8 Å². The molecule has 1 aromatic carbocycles. The number of aryl methyl sites for hydroxylation is 1. The maximum atomic E-state index is 15.3. The van der Waals surface area contributed by atoms with Crippen molar-refractivity contribution in [1.82, 2.24) is 14.9 Å². The van der Waals surface area contributed by atoms with Crippen LogP contribution in [0, 0.1) is 19.7 Å². The highest BCUT2D eigenvalue weighted by Crippen LogP contribution is 2.38. The number of ether oxygens (including phenoxy) is 2. The molecule has 1 N–H and O–H groups in total. The average Bonchev–Trinajstić information content (AvgIpc) is 3.04. The number of halogens is 1. The Morgan fingerprint density at radius 2 is 1.76 bits per heavy atom. The molecule has 242 valence electrons. The zero-order valence-corrected chi connectivity index (χ0v) is 27.2. The minimum atomic E-state index is -0.434. The number of benzene rings is 1. The molecule has 0 unspecified atom stereocenters. The molecule has 0 radical (unpaired) electrons. The molecule has 45 heavy (non-hydrogen) atoms. The van der Waals surface area contributed by atoms with Gasteiger partial charge in [0.2, 0.25) is 6.41 Å². The van der Waals surface area contributed by atoms with Crippen LogP contribution >= 0.6 is 0 Å². The molecule has 0 aliphatic carbocycles. The Bertz CT molecular complexity index is 1530. The predicted molar refractivity (Wildman–Crippen MR) is 175 cm³/mol. The SMILES string of the molecule is CCN(c1cc(-c2ccc(CN3CCOCC3)nc2)cc(N(C=O)Cc2c(C(C)C)c(F)c(C)[nH]c2=O)c1C)C1CCOCC1. The van der Waals surface area contributed by atoms with Crippen LogP contribution in [0.4, 0.5) is 15.8 Å². The normalized spacial score (nSPS) is 16.2. The van der Waals surface area contributed by atoms with Crippen LogP contribution in [0.5, 0.6) is 0 Å². The van der Waals surface area contributed by atoms with Gasteiger partial charge in [-0.3, -0.25) is 19.5 Å². The van der Waals surface area contributed by atoms with E-state index in [4.69, 9.17) is 14.5 Å². The van der Waals surface area contributed by atoms with E-state index in [1.807, 2.05) is 33.0 Å². The summed E-state index contributed by atoms with van der Waals surface area (Å²) < 4.78 is 26.4. The first-order chi connectivity index (χ1) is 21.7. The van der Waals surface area contributed by atoms with Gasteiger partial charge in [-0.1, -0.05) is 19.9 Å². The molecule has 2 aliphatic heterocycles. The standard InChI is InChI=1S/C35H46FN5O4/c1-6-41(29-9-13-44-14-10-29)32-18-27(26-7-8-28(37-19-26)20-39-11-15-45-16-12-39)17-31(24(32)4)40(22-42)21-30-33(23(2)3)34(36)25(5)38-35(30)43/h7-8,17-19,22-23,29H,6,9-16,20-21H2,1-5H3,(H,38,43). The molecule has 0 spiro atoms. The van der Waals surface area contributed by atoms with E-state index >= 15 is 4.39 Å². The van der Waals surface area contributed by atoms with Gasteiger partial charge < -0.3 is 24.3 Å². The van der Waals surface area contributed by atoms with E-state index in [0.717, 1.165) is 86.7 Å². The molecule has 10 heteroatoms. The van der Waals surface area contributed by atoms with Crippen molar-refractivity contribution in [2.75, 3.05) is 55.9 Å². The lowest BCUT2D eigenvalue weighted by Crippen LogP contribution is -2.40. The molecule has 3 aromatic rings. The van der Waals surface area contributed by atoms with Gasteiger partial charge in [-0.2, -0.15) is 0 Å². The van der Waals surface area contributed by atoms with E-state index in [9.17, 15) is 9.59 Å². The van der Waals surface area contributed by atoms with Gasteiger partial charge in [0.1, 0.15) is 5.82 Å². The summed E-state index contributed by atoms with van der Waals surface area (Å²) in [6.45, 7) is 15.6. The third kappa shape index (κ3) is 7.29.